The SMILES string of the molecule is COC(=O)C1C(=O)OC=C1c1ccccc1. The van der Waals surface area contributed by atoms with Crippen LogP contribution in [0.5, 0.6) is 0 Å². The number of ether oxygens (including phenoxy) is 2. The molecular weight excluding hydrogens is 208 g/mol. The molecule has 0 bridgehead atoms. The fourth-order valence-corrected chi connectivity index (χ4v) is 1.59. The molecule has 1 aliphatic rings. The molecule has 82 valence electrons. The van der Waals surface area contributed by atoms with Crippen molar-refractivity contribution in [3.05, 3.63) is 42.2 Å². The van der Waals surface area contributed by atoms with Gasteiger partial charge in [0.15, 0.2) is 5.92 Å². The fourth-order valence-electron chi connectivity index (χ4n) is 1.59. The van der Waals surface area contributed by atoms with E-state index in [4.69, 9.17) is 4.74 Å². The maximum atomic E-state index is 11.4. The Labute approximate surface area is 92.5 Å². The molecule has 16 heavy (non-hydrogen) atoms. The number of rotatable bonds is 2. The van der Waals surface area contributed by atoms with E-state index < -0.39 is 17.9 Å². The number of esters is 2. The van der Waals surface area contributed by atoms with Crippen molar-refractivity contribution < 1.29 is 19.1 Å². The largest absolute Gasteiger partial charge is 0.468 e. The topological polar surface area (TPSA) is 52.6 Å². The highest BCUT2D eigenvalue weighted by Gasteiger charge is 2.38. The molecule has 1 unspecified atom stereocenters. The Bertz CT molecular complexity index is 447. The van der Waals surface area contributed by atoms with E-state index in [0.29, 0.717) is 5.57 Å². The zero-order valence-electron chi connectivity index (χ0n) is 8.67. The van der Waals surface area contributed by atoms with Crippen LogP contribution in [-0.4, -0.2) is 19.0 Å². The Morgan fingerprint density at radius 3 is 2.62 bits per heavy atom. The number of methoxy groups -OCH3 is 1. The van der Waals surface area contributed by atoms with Gasteiger partial charge in [-0.1, -0.05) is 30.3 Å². The Hall–Kier alpha value is -2.10. The molecule has 0 spiro atoms. The smallest absolute Gasteiger partial charge is 0.329 e. The summed E-state index contributed by atoms with van der Waals surface area (Å²) < 4.78 is 9.33. The minimum absolute atomic E-state index is 0.539. The van der Waals surface area contributed by atoms with E-state index in [1.54, 1.807) is 0 Å². The lowest BCUT2D eigenvalue weighted by Crippen LogP contribution is -2.23. The molecule has 0 saturated heterocycles. The van der Waals surface area contributed by atoms with E-state index in [2.05, 4.69) is 4.74 Å². The van der Waals surface area contributed by atoms with Crippen molar-refractivity contribution >= 4 is 17.5 Å². The first kappa shape index (κ1) is 10.4. The maximum absolute atomic E-state index is 11.4. The monoisotopic (exact) mass is 218 g/mol. The third-order valence-electron chi connectivity index (χ3n) is 2.39. The minimum atomic E-state index is -0.965. The maximum Gasteiger partial charge on any atom is 0.329 e. The zero-order valence-corrected chi connectivity index (χ0v) is 8.67. The standard InChI is InChI=1S/C12H10O4/c1-15-11(13)10-9(7-16-12(10)14)8-5-3-2-4-6-8/h2-7,10H,1H3. The van der Waals surface area contributed by atoms with E-state index in [1.807, 2.05) is 30.3 Å². The molecule has 1 aromatic carbocycles. The van der Waals surface area contributed by atoms with Crippen LogP contribution in [0.3, 0.4) is 0 Å². The van der Waals surface area contributed by atoms with Crippen LogP contribution in [0.15, 0.2) is 36.6 Å². The third-order valence-corrected chi connectivity index (χ3v) is 2.39. The van der Waals surface area contributed by atoms with Gasteiger partial charge in [-0.15, -0.1) is 0 Å². The quantitative estimate of drug-likeness (QED) is 0.555. The lowest BCUT2D eigenvalue weighted by molar-refractivity contribution is -0.152. The molecule has 2 rings (SSSR count). The average Bonchev–Trinajstić information content (AvgIpc) is 2.71. The van der Waals surface area contributed by atoms with Crippen LogP contribution in [0.4, 0.5) is 0 Å². The molecule has 1 heterocycles. The van der Waals surface area contributed by atoms with E-state index in [0.717, 1.165) is 5.56 Å². The summed E-state index contributed by atoms with van der Waals surface area (Å²) in [4.78, 5) is 22.8. The van der Waals surface area contributed by atoms with Crippen LogP contribution >= 0.6 is 0 Å². The number of carbonyl (C=O) groups is 2. The molecule has 0 fully saturated rings. The van der Waals surface area contributed by atoms with Crippen LogP contribution in [0, 0.1) is 5.92 Å². The van der Waals surface area contributed by atoms with Gasteiger partial charge in [-0.25, -0.2) is 0 Å². The van der Waals surface area contributed by atoms with E-state index in [9.17, 15) is 9.59 Å². The van der Waals surface area contributed by atoms with Gasteiger partial charge in [0.1, 0.15) is 0 Å². The van der Waals surface area contributed by atoms with Crippen molar-refractivity contribution in [1.82, 2.24) is 0 Å². The summed E-state index contributed by atoms with van der Waals surface area (Å²) >= 11 is 0. The molecule has 1 aliphatic heterocycles. The predicted molar refractivity (Wildman–Crippen MR) is 56.0 cm³/mol. The summed E-state index contributed by atoms with van der Waals surface area (Å²) in [6, 6.07) is 9.13. The number of cyclic esters (lactones) is 1. The molecule has 0 N–H and O–H groups in total. The van der Waals surface area contributed by atoms with Gasteiger partial charge in [-0.05, 0) is 5.56 Å². The first-order valence-electron chi connectivity index (χ1n) is 4.78. The summed E-state index contributed by atoms with van der Waals surface area (Å²) in [7, 11) is 1.25. The number of hydrogen-bond donors (Lipinski definition) is 0. The summed E-state index contributed by atoms with van der Waals surface area (Å²) in [6.45, 7) is 0. The van der Waals surface area contributed by atoms with Gasteiger partial charge < -0.3 is 9.47 Å². The lowest BCUT2D eigenvalue weighted by atomic mass is 9.95. The molecule has 1 aromatic rings. The second-order valence-electron chi connectivity index (χ2n) is 3.33. The van der Waals surface area contributed by atoms with Crippen molar-refractivity contribution in [1.29, 1.82) is 0 Å². The molecule has 0 aliphatic carbocycles. The number of benzene rings is 1. The second kappa shape index (κ2) is 4.18. The van der Waals surface area contributed by atoms with Crippen molar-refractivity contribution in [2.75, 3.05) is 7.11 Å². The van der Waals surface area contributed by atoms with Crippen molar-refractivity contribution in [3.8, 4) is 0 Å². The first-order valence-corrected chi connectivity index (χ1v) is 4.78. The van der Waals surface area contributed by atoms with Crippen LogP contribution in [0.2, 0.25) is 0 Å². The van der Waals surface area contributed by atoms with Crippen molar-refractivity contribution in [3.63, 3.8) is 0 Å². The van der Waals surface area contributed by atoms with E-state index >= 15 is 0 Å². The third kappa shape index (κ3) is 1.69. The molecule has 4 nitrogen and oxygen atoms in total. The molecule has 0 aromatic heterocycles. The molecule has 0 radical (unpaired) electrons. The van der Waals surface area contributed by atoms with Gasteiger partial charge in [0, 0.05) is 5.57 Å². The minimum Gasteiger partial charge on any atom is -0.468 e. The fraction of sp³-hybridized carbons (Fsp3) is 0.167. The van der Waals surface area contributed by atoms with Gasteiger partial charge in [-0.2, -0.15) is 0 Å². The Kier molecular flexibility index (Phi) is 2.72. The van der Waals surface area contributed by atoms with Gasteiger partial charge in [0.2, 0.25) is 0 Å². The summed E-state index contributed by atoms with van der Waals surface area (Å²) in [6.07, 6.45) is 1.30. The first-order chi connectivity index (χ1) is 7.74. The van der Waals surface area contributed by atoms with Gasteiger partial charge in [-0.3, -0.25) is 9.59 Å². The van der Waals surface area contributed by atoms with Crippen LogP contribution in [-0.2, 0) is 19.1 Å². The highest BCUT2D eigenvalue weighted by Crippen LogP contribution is 2.30. The number of hydrogen-bond acceptors (Lipinski definition) is 4. The Morgan fingerprint density at radius 1 is 1.31 bits per heavy atom. The molecule has 0 saturated carbocycles. The van der Waals surface area contributed by atoms with E-state index in [-0.39, 0.29) is 0 Å². The summed E-state index contributed by atoms with van der Waals surface area (Å²) in [5.74, 6) is -2.16. The lowest BCUT2D eigenvalue weighted by Gasteiger charge is -2.08. The second-order valence-corrected chi connectivity index (χ2v) is 3.33. The molecule has 1 atom stereocenters. The highest BCUT2D eigenvalue weighted by molar-refractivity contribution is 6.09. The molecule has 4 heteroatoms. The van der Waals surface area contributed by atoms with Crippen LogP contribution in [0.25, 0.3) is 5.57 Å². The normalized spacial score (nSPS) is 18.9. The van der Waals surface area contributed by atoms with Crippen molar-refractivity contribution in [2.24, 2.45) is 5.92 Å². The van der Waals surface area contributed by atoms with Gasteiger partial charge in [0.05, 0.1) is 13.4 Å². The van der Waals surface area contributed by atoms with Gasteiger partial charge >= 0.3 is 11.9 Å². The van der Waals surface area contributed by atoms with Crippen LogP contribution < -0.4 is 0 Å². The Morgan fingerprint density at radius 2 is 2.00 bits per heavy atom. The van der Waals surface area contributed by atoms with E-state index in [1.165, 1.54) is 13.4 Å². The van der Waals surface area contributed by atoms with Crippen molar-refractivity contribution in [2.45, 2.75) is 0 Å². The predicted octanol–water partition coefficient (Wildman–Crippen LogP) is 1.37. The summed E-state index contributed by atoms with van der Waals surface area (Å²) in [5.41, 5.74) is 1.32. The Balaban J connectivity index is 2.35. The molecule has 0 amide bonds. The van der Waals surface area contributed by atoms with Crippen LogP contribution in [0.1, 0.15) is 5.56 Å². The average molecular weight is 218 g/mol. The molecular formula is C12H10O4. The van der Waals surface area contributed by atoms with Gasteiger partial charge in [0.25, 0.3) is 0 Å². The zero-order chi connectivity index (χ0) is 11.5. The highest BCUT2D eigenvalue weighted by atomic mass is 16.6. The number of carbonyl (C=O) groups excluding carboxylic acids is 2. The summed E-state index contributed by atoms with van der Waals surface area (Å²) in [5, 5.41) is 0.